The number of nitrogens with zero attached hydrogens (tertiary/aromatic N) is 4. The van der Waals surface area contributed by atoms with Crippen LogP contribution in [0.15, 0.2) is 41.3 Å². The van der Waals surface area contributed by atoms with Gasteiger partial charge in [-0.1, -0.05) is 6.07 Å². The largest absolute Gasteiger partial charge is 0.496 e. The van der Waals surface area contributed by atoms with Crippen molar-refractivity contribution in [3.8, 4) is 28.4 Å². The van der Waals surface area contributed by atoms with Crippen LogP contribution in [-0.4, -0.2) is 126 Å². The lowest BCUT2D eigenvalue weighted by Crippen LogP contribution is -2.58. The molecule has 62 heavy (non-hydrogen) atoms. The maximum Gasteiger partial charge on any atom is 0.317 e. The van der Waals surface area contributed by atoms with Gasteiger partial charge in [0.1, 0.15) is 23.3 Å². The summed E-state index contributed by atoms with van der Waals surface area (Å²) < 4.78 is 19.2. The summed E-state index contributed by atoms with van der Waals surface area (Å²) in [6, 6.07) is 7.40. The van der Waals surface area contributed by atoms with Crippen molar-refractivity contribution in [2.75, 3.05) is 47.5 Å². The number of unbranched alkanes of at least 4 members (excludes halogenated alkanes) is 2. The first-order valence-electron chi connectivity index (χ1n) is 20.3. The van der Waals surface area contributed by atoms with Crippen LogP contribution < -0.4 is 35.7 Å². The molecule has 7 amide bonds. The number of likely N-dealkylation sites (tertiary alicyclic amines) is 1. The van der Waals surface area contributed by atoms with Crippen LogP contribution in [0.4, 0.5) is 4.79 Å². The average Bonchev–Trinajstić information content (AvgIpc) is 3.50. The number of piperidine rings is 1. The standard InChI is InChI=1S/C42H49N7O10.CH2O2/c1-43-42(56)48-15-14-26-28(21-46(2)39(53)29(26)23-48)24-17-33(57-3)30(34(18-24)58-4)22-47-19-25(20-47)44-35(50)11-6-5-7-16-59-32-10-8-9-27-37(32)41(55)49(40(27)54)31-12-13-36(51)45-38(31)52;2-1-3/h8-10,17-18,21,25,31H,5-7,11-16,19-20,22-23H2,1-4H3,(H,43,56)(H,44,50)(H,45,51,52);1H,(H,2,3). The number of pyridine rings is 1. The van der Waals surface area contributed by atoms with E-state index in [4.69, 9.17) is 24.1 Å². The molecule has 4 aliphatic heterocycles. The number of aryl methyl sites for hydroxylation is 1. The Morgan fingerprint density at radius 3 is 2.31 bits per heavy atom. The number of aromatic nitrogens is 1. The van der Waals surface area contributed by atoms with E-state index in [-0.39, 0.29) is 72.9 Å². The van der Waals surface area contributed by atoms with Gasteiger partial charge < -0.3 is 39.4 Å². The number of fused-ring (bicyclic) bond motifs is 2. The molecule has 19 nitrogen and oxygen atoms in total. The van der Waals surface area contributed by atoms with E-state index in [9.17, 15) is 33.6 Å². The van der Waals surface area contributed by atoms with E-state index < -0.39 is 29.7 Å². The molecule has 5 heterocycles. The quantitative estimate of drug-likeness (QED) is 0.103. The second kappa shape index (κ2) is 19.7. The Balaban J connectivity index is 0.00000208. The Kier molecular flexibility index (Phi) is 14.3. The number of hydrogen-bond acceptors (Lipinski definition) is 12. The van der Waals surface area contributed by atoms with Gasteiger partial charge in [-0.15, -0.1) is 0 Å². The van der Waals surface area contributed by atoms with Gasteiger partial charge in [0.15, 0.2) is 0 Å². The van der Waals surface area contributed by atoms with E-state index >= 15 is 0 Å². The Morgan fingerprint density at radius 1 is 0.935 bits per heavy atom. The number of nitrogens with one attached hydrogen (secondary N) is 3. The van der Waals surface area contributed by atoms with Crippen molar-refractivity contribution in [2.24, 2.45) is 7.05 Å². The highest BCUT2D eigenvalue weighted by atomic mass is 16.5. The average molecular weight is 858 g/mol. The van der Waals surface area contributed by atoms with Crippen LogP contribution in [0.1, 0.15) is 75.9 Å². The summed E-state index contributed by atoms with van der Waals surface area (Å²) in [5.74, 6) is -0.794. The number of urea groups is 1. The number of hydrogen-bond donors (Lipinski definition) is 4. The Bertz CT molecular complexity index is 2300. The number of carbonyl (C=O) groups excluding carboxylic acids is 6. The lowest BCUT2D eigenvalue weighted by molar-refractivity contribution is -0.136. The summed E-state index contributed by atoms with van der Waals surface area (Å²) in [6.45, 7) is 2.61. The fourth-order valence-electron chi connectivity index (χ4n) is 8.34. The van der Waals surface area contributed by atoms with Crippen LogP contribution in [0.3, 0.4) is 0 Å². The Hall–Kier alpha value is -6.76. The van der Waals surface area contributed by atoms with Gasteiger partial charge >= 0.3 is 6.03 Å². The molecule has 0 saturated carbocycles. The van der Waals surface area contributed by atoms with Crippen molar-refractivity contribution in [3.05, 3.63) is 74.7 Å². The molecule has 330 valence electrons. The van der Waals surface area contributed by atoms with Gasteiger partial charge in [-0.25, -0.2) is 4.79 Å². The molecular formula is C43H51N7O12. The number of carboxylic acid groups (broad SMARTS) is 1. The zero-order valence-electron chi connectivity index (χ0n) is 35.1. The van der Waals surface area contributed by atoms with Gasteiger partial charge in [0.25, 0.3) is 23.8 Å². The molecule has 3 aromatic rings. The summed E-state index contributed by atoms with van der Waals surface area (Å²) in [7, 11) is 6.51. The lowest BCUT2D eigenvalue weighted by Gasteiger charge is -2.40. The van der Waals surface area contributed by atoms with Crippen molar-refractivity contribution in [2.45, 2.75) is 70.1 Å². The van der Waals surface area contributed by atoms with Crippen molar-refractivity contribution in [3.63, 3.8) is 0 Å². The maximum absolute atomic E-state index is 13.3. The summed E-state index contributed by atoms with van der Waals surface area (Å²) in [4.78, 5) is 102. The minimum atomic E-state index is -1.05. The first-order chi connectivity index (χ1) is 29.8. The number of amides is 7. The molecule has 0 aliphatic carbocycles. The van der Waals surface area contributed by atoms with E-state index in [0.717, 1.165) is 27.2 Å². The molecule has 0 bridgehead atoms. The van der Waals surface area contributed by atoms with E-state index in [1.165, 1.54) is 6.07 Å². The topological polar surface area (TPSA) is 235 Å². The van der Waals surface area contributed by atoms with Gasteiger partial charge in [-0.3, -0.25) is 48.7 Å². The molecule has 2 saturated heterocycles. The van der Waals surface area contributed by atoms with Gasteiger partial charge in [-0.05, 0) is 67.5 Å². The highest BCUT2D eigenvalue weighted by Gasteiger charge is 2.46. The third-order valence-corrected chi connectivity index (χ3v) is 11.4. The molecule has 7 rings (SSSR count). The van der Waals surface area contributed by atoms with E-state index in [1.807, 2.05) is 18.3 Å². The molecule has 19 heteroatoms. The van der Waals surface area contributed by atoms with Crippen LogP contribution in [0.5, 0.6) is 17.2 Å². The molecule has 2 fully saturated rings. The monoisotopic (exact) mass is 857 g/mol. The highest BCUT2D eigenvalue weighted by molar-refractivity contribution is 6.24. The van der Waals surface area contributed by atoms with Crippen molar-refractivity contribution in [1.82, 2.24) is 35.2 Å². The SMILES string of the molecule is CNC(=O)N1CCc2c(-c3cc(OC)c(CN4CC(NC(=O)CCCCCOc5cccc6c5C(=O)N(C5CCC(=O)NC5=O)C6=O)C4)c(OC)c3)cn(C)c(=O)c2C1.O=CO. The second-order valence-corrected chi connectivity index (χ2v) is 15.4. The highest BCUT2D eigenvalue weighted by Crippen LogP contribution is 2.39. The maximum atomic E-state index is 13.3. The predicted octanol–water partition coefficient (Wildman–Crippen LogP) is 1.81. The summed E-state index contributed by atoms with van der Waals surface area (Å²) in [5.41, 5.74) is 4.25. The fraction of sp³-hybridized carbons (Fsp3) is 0.442. The Morgan fingerprint density at radius 2 is 1.65 bits per heavy atom. The number of benzene rings is 2. The molecule has 1 unspecified atom stereocenters. The normalized spacial score (nSPS) is 17.2. The van der Waals surface area contributed by atoms with Crippen LogP contribution in [-0.2, 0) is 45.7 Å². The minimum Gasteiger partial charge on any atom is -0.496 e. The van der Waals surface area contributed by atoms with Crippen LogP contribution in [0.2, 0.25) is 0 Å². The van der Waals surface area contributed by atoms with Crippen molar-refractivity contribution >= 4 is 42.0 Å². The number of carbonyl (C=O) groups is 7. The van der Waals surface area contributed by atoms with Gasteiger partial charge in [0.05, 0.1) is 50.1 Å². The number of rotatable bonds is 14. The van der Waals surface area contributed by atoms with E-state index in [0.29, 0.717) is 75.3 Å². The molecule has 1 aromatic heterocycles. The first-order valence-corrected chi connectivity index (χ1v) is 20.3. The minimum absolute atomic E-state index is 0.00809. The van der Waals surface area contributed by atoms with E-state index in [2.05, 4.69) is 20.9 Å². The zero-order valence-corrected chi connectivity index (χ0v) is 35.1. The Labute approximate surface area is 357 Å². The first kappa shape index (κ1) is 44.8. The smallest absolute Gasteiger partial charge is 0.317 e. The fourth-order valence-corrected chi connectivity index (χ4v) is 8.34. The summed E-state index contributed by atoms with van der Waals surface area (Å²) >= 11 is 0. The number of imide groups is 2. The lowest BCUT2D eigenvalue weighted by atomic mass is 9.91. The molecule has 0 radical (unpaired) electrons. The summed E-state index contributed by atoms with van der Waals surface area (Å²) in [5, 5.41) is 14.8. The van der Waals surface area contributed by atoms with Gasteiger partial charge in [-0.2, -0.15) is 0 Å². The van der Waals surface area contributed by atoms with Crippen LogP contribution >= 0.6 is 0 Å². The zero-order chi connectivity index (χ0) is 44.7. The van der Waals surface area contributed by atoms with Gasteiger partial charge in [0.2, 0.25) is 17.7 Å². The summed E-state index contributed by atoms with van der Waals surface area (Å²) in [6.07, 6.45) is 4.81. The second-order valence-electron chi connectivity index (χ2n) is 15.4. The van der Waals surface area contributed by atoms with Crippen LogP contribution in [0, 0.1) is 0 Å². The molecule has 2 aromatic carbocycles. The van der Waals surface area contributed by atoms with Crippen LogP contribution in [0.25, 0.3) is 11.1 Å². The molecule has 0 spiro atoms. The van der Waals surface area contributed by atoms with Gasteiger partial charge in [0, 0.05) is 70.4 Å². The third kappa shape index (κ3) is 9.41. The van der Waals surface area contributed by atoms with Crippen molar-refractivity contribution in [1.29, 1.82) is 0 Å². The third-order valence-electron chi connectivity index (χ3n) is 11.4. The molecular weight excluding hydrogens is 807 g/mol. The molecule has 4 aliphatic rings. The van der Waals surface area contributed by atoms with Crippen molar-refractivity contribution < 1.29 is 52.9 Å². The molecule has 1 atom stereocenters. The number of methoxy groups -OCH3 is 2. The number of ether oxygens (including phenoxy) is 3. The predicted molar refractivity (Wildman–Crippen MR) is 222 cm³/mol. The van der Waals surface area contributed by atoms with E-state index in [1.54, 1.807) is 49.9 Å². The molecule has 4 N–H and O–H groups in total.